The van der Waals surface area contributed by atoms with Gasteiger partial charge in [0.2, 0.25) is 5.91 Å². The van der Waals surface area contributed by atoms with Gasteiger partial charge in [-0.3, -0.25) is 9.59 Å². The van der Waals surface area contributed by atoms with Gasteiger partial charge in [-0.1, -0.05) is 24.3 Å². The van der Waals surface area contributed by atoms with E-state index in [2.05, 4.69) is 0 Å². The van der Waals surface area contributed by atoms with Crippen LogP contribution in [0, 0.1) is 5.92 Å². The number of fused-ring (bicyclic) bond motifs is 3. The fourth-order valence-electron chi connectivity index (χ4n) is 4.14. The molecule has 3 aliphatic heterocycles. The molecule has 1 aromatic carbocycles. The summed E-state index contributed by atoms with van der Waals surface area (Å²) >= 11 is 0. The van der Waals surface area contributed by atoms with Gasteiger partial charge < -0.3 is 23.8 Å². The number of rotatable bonds is 5. The van der Waals surface area contributed by atoms with Gasteiger partial charge in [-0.05, 0) is 23.8 Å². The van der Waals surface area contributed by atoms with Crippen LogP contribution >= 0.6 is 0 Å². The predicted octanol–water partition coefficient (Wildman–Crippen LogP) is 1.82. The zero-order valence-corrected chi connectivity index (χ0v) is 15.9. The maximum absolute atomic E-state index is 13.2. The van der Waals surface area contributed by atoms with Gasteiger partial charge in [0, 0.05) is 13.5 Å². The Morgan fingerprint density at radius 3 is 2.86 bits per heavy atom. The van der Waals surface area contributed by atoms with Crippen LogP contribution in [0.3, 0.4) is 0 Å². The van der Waals surface area contributed by atoms with Crippen LogP contribution < -0.4 is 4.74 Å². The lowest BCUT2D eigenvalue weighted by molar-refractivity contribution is -0.136. The lowest BCUT2D eigenvalue weighted by atomic mass is 9.87. The monoisotopic (exact) mass is 385 g/mol. The summed E-state index contributed by atoms with van der Waals surface area (Å²) in [5.74, 6) is -0.156. The highest BCUT2D eigenvalue weighted by atomic mass is 16.6. The summed E-state index contributed by atoms with van der Waals surface area (Å²) in [6.45, 7) is 2.61. The van der Waals surface area contributed by atoms with Crippen LogP contribution in [0.1, 0.15) is 12.5 Å². The van der Waals surface area contributed by atoms with Crippen LogP contribution in [0.15, 0.2) is 48.8 Å². The number of ether oxygens (including phenoxy) is 4. The van der Waals surface area contributed by atoms with Crippen molar-refractivity contribution in [2.75, 3.05) is 20.3 Å². The third-order valence-electron chi connectivity index (χ3n) is 5.38. The second-order valence-corrected chi connectivity index (χ2v) is 7.20. The Balaban J connectivity index is 1.58. The second kappa shape index (κ2) is 7.41. The molecule has 0 unspecified atom stereocenters. The highest BCUT2D eigenvalue weighted by Gasteiger charge is 2.63. The number of amides is 1. The summed E-state index contributed by atoms with van der Waals surface area (Å²) in [6, 6.07) is 7.61. The Bertz CT molecular complexity index is 817. The molecule has 3 aliphatic rings. The largest absolute Gasteiger partial charge is 0.497 e. The summed E-state index contributed by atoms with van der Waals surface area (Å²) in [4.78, 5) is 26.2. The summed E-state index contributed by atoms with van der Waals surface area (Å²) < 4.78 is 22.3. The van der Waals surface area contributed by atoms with Gasteiger partial charge in [0.25, 0.3) is 0 Å². The maximum Gasteiger partial charge on any atom is 0.307 e. The van der Waals surface area contributed by atoms with E-state index in [-0.39, 0.29) is 18.1 Å². The third kappa shape index (κ3) is 3.31. The fraction of sp³-hybridized carbons (Fsp3) is 0.429. The van der Waals surface area contributed by atoms with Gasteiger partial charge in [-0.25, -0.2) is 0 Å². The molecule has 0 radical (unpaired) electrons. The molecule has 0 bridgehead atoms. The lowest BCUT2D eigenvalue weighted by Crippen LogP contribution is -2.39. The summed E-state index contributed by atoms with van der Waals surface area (Å²) in [5.41, 5.74) is 0.109. The zero-order valence-electron chi connectivity index (χ0n) is 15.9. The predicted molar refractivity (Wildman–Crippen MR) is 99.3 cm³/mol. The number of hydrogen-bond donors (Lipinski definition) is 0. The minimum absolute atomic E-state index is 0.0221. The van der Waals surface area contributed by atoms with E-state index in [9.17, 15) is 9.59 Å². The number of carbonyl (C=O) groups is 2. The minimum Gasteiger partial charge on any atom is -0.497 e. The van der Waals surface area contributed by atoms with E-state index >= 15 is 0 Å². The topological polar surface area (TPSA) is 74.3 Å². The molecule has 2 fully saturated rings. The van der Waals surface area contributed by atoms with Crippen molar-refractivity contribution in [2.45, 2.75) is 31.3 Å². The Hall–Kier alpha value is -2.64. The average molecular weight is 385 g/mol. The minimum atomic E-state index is -0.886. The average Bonchev–Trinajstić information content (AvgIpc) is 3.13. The summed E-state index contributed by atoms with van der Waals surface area (Å²) in [5, 5.41) is 0. The van der Waals surface area contributed by atoms with Gasteiger partial charge in [-0.15, -0.1) is 0 Å². The van der Waals surface area contributed by atoms with E-state index in [4.69, 9.17) is 18.9 Å². The summed E-state index contributed by atoms with van der Waals surface area (Å²) in [7, 11) is 1.62. The molecular weight excluding hydrogens is 362 g/mol. The zero-order chi connectivity index (χ0) is 19.7. The first-order valence-corrected chi connectivity index (χ1v) is 9.25. The number of likely N-dealkylation sites (tertiary alicyclic amines) is 1. The molecule has 1 aromatic rings. The normalized spacial score (nSPS) is 31.1. The molecule has 0 aliphatic carbocycles. The Labute approximate surface area is 163 Å². The van der Waals surface area contributed by atoms with Crippen molar-refractivity contribution in [3.8, 4) is 5.75 Å². The van der Waals surface area contributed by atoms with Crippen LogP contribution in [-0.2, 0) is 30.3 Å². The van der Waals surface area contributed by atoms with Gasteiger partial charge >= 0.3 is 5.97 Å². The molecule has 0 saturated carbocycles. The molecule has 148 valence electrons. The molecule has 0 spiro atoms. The standard InChI is InChI=1S/C21H23NO6/c1-14(23)26-11-9-21-13-22(12-15-5-7-16(25-2)8-6-15)20(24)18(21)19-17(28-21)4-3-10-27-19/h3-9,11,17-19H,10,12-13H2,1-2H3/b11-9+/t17-,18+,19+,21-/m0/s1. The first-order chi connectivity index (χ1) is 13.5. The van der Waals surface area contributed by atoms with Crippen LogP contribution in [0.2, 0.25) is 0 Å². The van der Waals surface area contributed by atoms with E-state index < -0.39 is 17.5 Å². The van der Waals surface area contributed by atoms with Crippen molar-refractivity contribution >= 4 is 11.9 Å². The van der Waals surface area contributed by atoms with E-state index in [0.717, 1.165) is 11.3 Å². The number of nitrogens with zero attached hydrogens (tertiary/aromatic N) is 1. The van der Waals surface area contributed by atoms with Gasteiger partial charge in [-0.2, -0.15) is 0 Å². The lowest BCUT2D eigenvalue weighted by Gasteiger charge is -2.26. The fourth-order valence-corrected chi connectivity index (χ4v) is 4.14. The van der Waals surface area contributed by atoms with Gasteiger partial charge in [0.15, 0.2) is 0 Å². The van der Waals surface area contributed by atoms with Crippen molar-refractivity contribution in [3.63, 3.8) is 0 Å². The molecule has 0 aromatic heterocycles. The summed E-state index contributed by atoms with van der Waals surface area (Å²) in [6.07, 6.45) is 6.20. The Kier molecular flexibility index (Phi) is 4.95. The van der Waals surface area contributed by atoms with Crippen molar-refractivity contribution in [3.05, 3.63) is 54.3 Å². The first kappa shape index (κ1) is 18.7. The smallest absolute Gasteiger partial charge is 0.307 e. The number of hydrogen-bond acceptors (Lipinski definition) is 6. The maximum atomic E-state index is 13.2. The highest BCUT2D eigenvalue weighted by molar-refractivity contribution is 5.85. The molecule has 4 rings (SSSR count). The molecule has 4 atom stereocenters. The van der Waals surface area contributed by atoms with Crippen LogP contribution in [-0.4, -0.2) is 54.8 Å². The number of carbonyl (C=O) groups excluding carboxylic acids is 2. The van der Waals surface area contributed by atoms with E-state index in [1.54, 1.807) is 18.1 Å². The molecule has 7 nitrogen and oxygen atoms in total. The molecule has 0 N–H and O–H groups in total. The second-order valence-electron chi connectivity index (χ2n) is 7.20. The van der Waals surface area contributed by atoms with Crippen molar-refractivity contribution < 1.29 is 28.5 Å². The van der Waals surface area contributed by atoms with Crippen molar-refractivity contribution in [1.82, 2.24) is 4.90 Å². The van der Waals surface area contributed by atoms with Crippen molar-refractivity contribution in [2.24, 2.45) is 5.92 Å². The van der Waals surface area contributed by atoms with Gasteiger partial charge in [0.05, 0.1) is 26.5 Å². The quantitative estimate of drug-likeness (QED) is 0.437. The number of esters is 1. The first-order valence-electron chi connectivity index (χ1n) is 9.25. The van der Waals surface area contributed by atoms with Crippen LogP contribution in [0.25, 0.3) is 0 Å². The van der Waals surface area contributed by atoms with Crippen LogP contribution in [0.5, 0.6) is 5.75 Å². The van der Waals surface area contributed by atoms with E-state index in [1.165, 1.54) is 13.2 Å². The molecule has 2 saturated heterocycles. The molecule has 1 amide bonds. The van der Waals surface area contributed by atoms with E-state index in [0.29, 0.717) is 19.7 Å². The van der Waals surface area contributed by atoms with Crippen LogP contribution in [0.4, 0.5) is 0 Å². The Morgan fingerprint density at radius 1 is 1.36 bits per heavy atom. The molecule has 7 heteroatoms. The SMILES string of the molecule is COc1ccc(CN2C[C@]3(/C=C/OC(C)=O)O[C@H]4C=CCO[C@H]4[C@@H]3C2=O)cc1. The highest BCUT2D eigenvalue weighted by Crippen LogP contribution is 2.47. The van der Waals surface area contributed by atoms with Crippen molar-refractivity contribution in [1.29, 1.82) is 0 Å². The number of methoxy groups -OCH3 is 1. The molecular formula is C21H23NO6. The third-order valence-corrected chi connectivity index (χ3v) is 5.38. The van der Waals surface area contributed by atoms with Gasteiger partial charge in [0.1, 0.15) is 29.5 Å². The Morgan fingerprint density at radius 2 is 2.14 bits per heavy atom. The van der Waals surface area contributed by atoms with E-state index in [1.807, 2.05) is 36.4 Å². The number of benzene rings is 1. The molecule has 3 heterocycles. The molecule has 28 heavy (non-hydrogen) atoms.